The van der Waals surface area contributed by atoms with Crippen molar-refractivity contribution in [2.24, 2.45) is 11.7 Å². The predicted octanol–water partition coefficient (Wildman–Crippen LogP) is 2.01. The number of nitrogens with one attached hydrogen (secondary N) is 1. The lowest BCUT2D eigenvalue weighted by Crippen LogP contribution is -2.38. The Kier molecular flexibility index (Phi) is 8.76. The second-order valence-electron chi connectivity index (χ2n) is 4.34. The van der Waals surface area contributed by atoms with Gasteiger partial charge >= 0.3 is 0 Å². The van der Waals surface area contributed by atoms with E-state index in [2.05, 4.69) is 26.1 Å². The largest absolute Gasteiger partial charge is 0.352 e. The Morgan fingerprint density at radius 2 is 1.88 bits per heavy atom. The molecular formula is C12H26N2OS. The molecule has 0 spiro atoms. The highest BCUT2D eigenvalue weighted by Gasteiger charge is 2.16. The third kappa shape index (κ3) is 6.38. The summed E-state index contributed by atoms with van der Waals surface area (Å²) in [5.74, 6) is 1.59. The molecule has 2 unspecified atom stereocenters. The van der Waals surface area contributed by atoms with Gasteiger partial charge in [0.1, 0.15) is 0 Å². The first kappa shape index (κ1) is 15.8. The van der Waals surface area contributed by atoms with Crippen molar-refractivity contribution in [3.05, 3.63) is 0 Å². The molecule has 0 saturated heterocycles. The average molecular weight is 246 g/mol. The number of carbonyl (C=O) groups is 1. The maximum atomic E-state index is 11.8. The van der Waals surface area contributed by atoms with E-state index in [0.29, 0.717) is 18.5 Å². The number of hydrogen-bond donors (Lipinski definition) is 2. The lowest BCUT2D eigenvalue weighted by atomic mass is 10.2. The average Bonchev–Trinajstić information content (AvgIpc) is 2.31. The molecule has 0 heterocycles. The van der Waals surface area contributed by atoms with E-state index in [1.807, 2.05) is 6.92 Å². The molecule has 16 heavy (non-hydrogen) atoms. The SMILES string of the molecule is CCC(CC)NC(=O)C(C)SCC(C)CN. The minimum absolute atomic E-state index is 0.0228. The summed E-state index contributed by atoms with van der Waals surface area (Å²) in [5, 5.41) is 3.09. The molecule has 0 radical (unpaired) electrons. The highest BCUT2D eigenvalue weighted by molar-refractivity contribution is 8.00. The maximum Gasteiger partial charge on any atom is 0.233 e. The van der Waals surface area contributed by atoms with Crippen molar-refractivity contribution in [1.82, 2.24) is 5.32 Å². The number of nitrogens with two attached hydrogens (primary N) is 1. The van der Waals surface area contributed by atoms with Gasteiger partial charge in [0.15, 0.2) is 0 Å². The highest BCUT2D eigenvalue weighted by Crippen LogP contribution is 2.15. The van der Waals surface area contributed by atoms with Crippen LogP contribution < -0.4 is 11.1 Å². The smallest absolute Gasteiger partial charge is 0.233 e. The number of carbonyl (C=O) groups excluding carboxylic acids is 1. The van der Waals surface area contributed by atoms with Crippen molar-refractivity contribution in [2.75, 3.05) is 12.3 Å². The molecule has 0 aliphatic rings. The Bertz CT molecular complexity index is 195. The van der Waals surface area contributed by atoms with Gasteiger partial charge in [-0.05, 0) is 38.0 Å². The van der Waals surface area contributed by atoms with Gasteiger partial charge in [0.05, 0.1) is 5.25 Å². The van der Waals surface area contributed by atoms with Crippen LogP contribution >= 0.6 is 11.8 Å². The van der Waals surface area contributed by atoms with Crippen molar-refractivity contribution < 1.29 is 4.79 Å². The highest BCUT2D eigenvalue weighted by atomic mass is 32.2. The van der Waals surface area contributed by atoms with Gasteiger partial charge in [-0.15, -0.1) is 11.8 Å². The van der Waals surface area contributed by atoms with Crippen molar-refractivity contribution in [3.8, 4) is 0 Å². The summed E-state index contributed by atoms with van der Waals surface area (Å²) >= 11 is 1.69. The normalized spacial score (nSPS) is 14.9. The first-order valence-electron chi connectivity index (χ1n) is 6.17. The molecule has 0 aromatic heterocycles. The monoisotopic (exact) mass is 246 g/mol. The molecule has 0 aromatic rings. The van der Waals surface area contributed by atoms with Crippen LogP contribution in [0.1, 0.15) is 40.5 Å². The van der Waals surface area contributed by atoms with Gasteiger partial charge in [-0.3, -0.25) is 4.79 Å². The molecule has 0 aliphatic heterocycles. The first-order valence-corrected chi connectivity index (χ1v) is 7.21. The Morgan fingerprint density at radius 1 is 1.31 bits per heavy atom. The van der Waals surface area contributed by atoms with Gasteiger partial charge in [0.2, 0.25) is 5.91 Å². The predicted molar refractivity (Wildman–Crippen MR) is 72.7 cm³/mol. The van der Waals surface area contributed by atoms with Gasteiger partial charge < -0.3 is 11.1 Å². The zero-order valence-corrected chi connectivity index (χ0v) is 11.8. The second kappa shape index (κ2) is 8.88. The Hall–Kier alpha value is -0.220. The summed E-state index contributed by atoms with van der Waals surface area (Å²) in [6, 6.07) is 0.322. The fraction of sp³-hybridized carbons (Fsp3) is 0.917. The van der Waals surface area contributed by atoms with Gasteiger partial charge in [0.25, 0.3) is 0 Å². The van der Waals surface area contributed by atoms with Crippen LogP contribution in [0.5, 0.6) is 0 Å². The molecule has 3 nitrogen and oxygen atoms in total. The molecule has 0 fully saturated rings. The maximum absolute atomic E-state index is 11.8. The fourth-order valence-electron chi connectivity index (χ4n) is 1.26. The van der Waals surface area contributed by atoms with Crippen LogP contribution in [-0.4, -0.2) is 29.5 Å². The van der Waals surface area contributed by atoms with Crippen LogP contribution in [-0.2, 0) is 4.79 Å². The lowest BCUT2D eigenvalue weighted by Gasteiger charge is -2.19. The van der Waals surface area contributed by atoms with Crippen LogP contribution in [0.25, 0.3) is 0 Å². The third-order valence-corrected chi connectivity index (χ3v) is 4.21. The van der Waals surface area contributed by atoms with Gasteiger partial charge in [-0.2, -0.15) is 0 Å². The molecule has 2 atom stereocenters. The van der Waals surface area contributed by atoms with Crippen molar-refractivity contribution in [3.63, 3.8) is 0 Å². The van der Waals surface area contributed by atoms with Crippen LogP contribution in [0.2, 0.25) is 0 Å². The van der Waals surface area contributed by atoms with Crippen LogP contribution in [0, 0.1) is 5.92 Å². The molecule has 0 aromatic carbocycles. The first-order chi connectivity index (χ1) is 7.54. The molecule has 0 aliphatic carbocycles. The summed E-state index contributed by atoms with van der Waals surface area (Å²) in [7, 11) is 0. The van der Waals surface area contributed by atoms with E-state index in [-0.39, 0.29) is 11.2 Å². The van der Waals surface area contributed by atoms with Gasteiger partial charge in [-0.1, -0.05) is 20.8 Å². The van der Waals surface area contributed by atoms with Crippen LogP contribution in [0.4, 0.5) is 0 Å². The quantitative estimate of drug-likeness (QED) is 0.689. The van der Waals surface area contributed by atoms with Crippen LogP contribution in [0.15, 0.2) is 0 Å². The molecule has 0 rings (SSSR count). The topological polar surface area (TPSA) is 55.1 Å². The number of hydrogen-bond acceptors (Lipinski definition) is 3. The van der Waals surface area contributed by atoms with Crippen molar-refractivity contribution in [1.29, 1.82) is 0 Å². The number of rotatable bonds is 8. The van der Waals surface area contributed by atoms with Gasteiger partial charge in [0, 0.05) is 6.04 Å². The second-order valence-corrected chi connectivity index (χ2v) is 5.71. The zero-order chi connectivity index (χ0) is 12.6. The van der Waals surface area contributed by atoms with Gasteiger partial charge in [-0.25, -0.2) is 0 Å². The molecule has 1 amide bonds. The van der Waals surface area contributed by atoms with E-state index in [1.54, 1.807) is 11.8 Å². The number of thioether (sulfide) groups is 1. The lowest BCUT2D eigenvalue weighted by molar-refractivity contribution is -0.121. The molecule has 0 bridgehead atoms. The van der Waals surface area contributed by atoms with E-state index in [4.69, 9.17) is 5.73 Å². The Morgan fingerprint density at radius 3 is 2.31 bits per heavy atom. The molecule has 3 N–H and O–H groups in total. The van der Waals surface area contributed by atoms with Crippen LogP contribution in [0.3, 0.4) is 0 Å². The van der Waals surface area contributed by atoms with Crippen molar-refractivity contribution in [2.45, 2.75) is 51.8 Å². The zero-order valence-electron chi connectivity index (χ0n) is 11.0. The minimum Gasteiger partial charge on any atom is -0.352 e. The van der Waals surface area contributed by atoms with E-state index >= 15 is 0 Å². The minimum atomic E-state index is 0.0228. The summed E-state index contributed by atoms with van der Waals surface area (Å²) in [5.41, 5.74) is 5.54. The summed E-state index contributed by atoms with van der Waals surface area (Å²) in [6.45, 7) is 8.96. The Labute approximate surface area is 104 Å². The van der Waals surface area contributed by atoms with E-state index in [9.17, 15) is 4.79 Å². The molecule has 96 valence electrons. The third-order valence-electron chi connectivity index (χ3n) is 2.73. The fourth-order valence-corrected chi connectivity index (χ4v) is 2.24. The number of amides is 1. The van der Waals surface area contributed by atoms with E-state index in [1.165, 1.54) is 0 Å². The van der Waals surface area contributed by atoms with E-state index < -0.39 is 0 Å². The summed E-state index contributed by atoms with van der Waals surface area (Å²) in [4.78, 5) is 11.8. The standard InChI is InChI=1S/C12H26N2OS/c1-5-11(6-2)14-12(15)10(4)16-8-9(3)7-13/h9-11H,5-8,13H2,1-4H3,(H,14,15). The summed E-state index contributed by atoms with van der Waals surface area (Å²) in [6.07, 6.45) is 2.00. The summed E-state index contributed by atoms with van der Waals surface area (Å²) < 4.78 is 0. The molecular weight excluding hydrogens is 220 g/mol. The molecule has 0 saturated carbocycles. The Balaban J connectivity index is 3.89. The van der Waals surface area contributed by atoms with E-state index in [0.717, 1.165) is 18.6 Å². The molecule has 4 heteroatoms. The van der Waals surface area contributed by atoms with Crippen molar-refractivity contribution >= 4 is 17.7 Å².